The van der Waals surface area contributed by atoms with Crippen molar-refractivity contribution in [1.82, 2.24) is 15.5 Å². The minimum absolute atomic E-state index is 0. The quantitative estimate of drug-likeness (QED) is 0.209. The van der Waals surface area contributed by atoms with E-state index in [1.165, 1.54) is 5.56 Å². The lowest BCUT2D eigenvalue weighted by molar-refractivity contribution is -0.128. The van der Waals surface area contributed by atoms with E-state index in [4.69, 9.17) is 9.47 Å². The smallest absolute Gasteiger partial charge is 0.223 e. The zero-order chi connectivity index (χ0) is 20.1. The normalized spacial score (nSPS) is 10.7. The van der Waals surface area contributed by atoms with Crippen LogP contribution < -0.4 is 20.1 Å². The third-order valence-electron chi connectivity index (χ3n) is 3.90. The lowest BCUT2D eigenvalue weighted by Gasteiger charge is -2.13. The number of carbonyl (C=O) groups is 1. The lowest BCUT2D eigenvalue weighted by atomic mass is 10.1. The number of benzene rings is 1. The molecule has 0 saturated heterocycles. The van der Waals surface area contributed by atoms with Crippen LogP contribution in [-0.2, 0) is 11.2 Å². The van der Waals surface area contributed by atoms with Crippen LogP contribution in [0, 0.1) is 0 Å². The van der Waals surface area contributed by atoms with Gasteiger partial charge in [-0.25, -0.2) is 0 Å². The first kappa shape index (κ1) is 26.3. The number of amides is 1. The van der Waals surface area contributed by atoms with Crippen molar-refractivity contribution >= 4 is 35.8 Å². The highest BCUT2D eigenvalue weighted by Crippen LogP contribution is 2.28. The van der Waals surface area contributed by atoms with E-state index in [1.54, 1.807) is 26.1 Å². The predicted molar refractivity (Wildman–Crippen MR) is 125 cm³/mol. The Labute approximate surface area is 186 Å². The summed E-state index contributed by atoms with van der Waals surface area (Å²) in [7, 11) is 5.17. The highest BCUT2D eigenvalue weighted by molar-refractivity contribution is 14.0. The molecule has 0 aromatic heterocycles. The van der Waals surface area contributed by atoms with Crippen LogP contribution in [0.25, 0.3) is 0 Å². The van der Waals surface area contributed by atoms with Gasteiger partial charge in [0, 0.05) is 40.2 Å². The number of hydrogen-bond donors (Lipinski definition) is 2. The summed E-state index contributed by atoms with van der Waals surface area (Å²) in [6.45, 7) is 6.64. The molecule has 1 rings (SSSR count). The molecule has 0 unspecified atom stereocenters. The number of nitrogens with zero attached hydrogens (tertiary/aromatic N) is 2. The summed E-state index contributed by atoms with van der Waals surface area (Å²) in [4.78, 5) is 17.8. The predicted octanol–water partition coefficient (Wildman–Crippen LogP) is 2.68. The standard InChI is InChI=1S/C20H34N4O3.HI/c1-6-21-20(23-14-12-19(25)24(3)4)22-13-8-9-16-10-11-17(26-5)18(15-16)27-7-2;/h10-11,15H,6-9,12-14H2,1-5H3,(H2,21,22,23);1H. The number of carbonyl (C=O) groups excluding carboxylic acids is 1. The second kappa shape index (κ2) is 15.2. The number of nitrogens with one attached hydrogen (secondary N) is 2. The Hall–Kier alpha value is -1.71. The topological polar surface area (TPSA) is 75.2 Å². The van der Waals surface area contributed by atoms with Gasteiger partial charge in [0.1, 0.15) is 0 Å². The number of aliphatic imine (C=N–C) groups is 1. The molecule has 0 aliphatic carbocycles. The Bertz CT molecular complexity index is 609. The molecule has 0 atom stereocenters. The van der Waals surface area contributed by atoms with Crippen LogP contribution in [0.4, 0.5) is 0 Å². The zero-order valence-corrected chi connectivity index (χ0v) is 20.0. The van der Waals surface area contributed by atoms with E-state index in [2.05, 4.69) is 21.7 Å². The Morgan fingerprint density at radius 2 is 1.93 bits per heavy atom. The Morgan fingerprint density at radius 1 is 1.18 bits per heavy atom. The molecule has 0 fully saturated rings. The third-order valence-corrected chi connectivity index (χ3v) is 3.90. The van der Waals surface area contributed by atoms with Gasteiger partial charge < -0.3 is 25.0 Å². The molecule has 1 amide bonds. The second-order valence-corrected chi connectivity index (χ2v) is 6.25. The van der Waals surface area contributed by atoms with Gasteiger partial charge in [-0.3, -0.25) is 9.79 Å². The van der Waals surface area contributed by atoms with E-state index < -0.39 is 0 Å². The van der Waals surface area contributed by atoms with Gasteiger partial charge in [-0.15, -0.1) is 24.0 Å². The number of hydrogen-bond acceptors (Lipinski definition) is 4. The van der Waals surface area contributed by atoms with Crippen molar-refractivity contribution in [2.75, 3.05) is 47.4 Å². The number of aryl methyl sites for hydroxylation is 1. The Balaban J connectivity index is 0.00000729. The van der Waals surface area contributed by atoms with Crippen molar-refractivity contribution < 1.29 is 14.3 Å². The van der Waals surface area contributed by atoms with Crippen LogP contribution in [0.1, 0.15) is 32.3 Å². The summed E-state index contributed by atoms with van der Waals surface area (Å²) < 4.78 is 10.9. The largest absolute Gasteiger partial charge is 0.493 e. The molecule has 1 aromatic rings. The number of methoxy groups -OCH3 is 1. The van der Waals surface area contributed by atoms with E-state index >= 15 is 0 Å². The Morgan fingerprint density at radius 3 is 2.54 bits per heavy atom. The first-order chi connectivity index (χ1) is 13.0. The molecule has 0 radical (unpaired) electrons. The lowest BCUT2D eigenvalue weighted by Crippen LogP contribution is -2.39. The Kier molecular flexibility index (Phi) is 14.3. The van der Waals surface area contributed by atoms with E-state index in [9.17, 15) is 4.79 Å². The van der Waals surface area contributed by atoms with Crippen LogP contribution in [0.3, 0.4) is 0 Å². The molecule has 28 heavy (non-hydrogen) atoms. The second-order valence-electron chi connectivity index (χ2n) is 6.25. The highest BCUT2D eigenvalue weighted by atomic mass is 127. The van der Waals surface area contributed by atoms with Gasteiger partial charge >= 0.3 is 0 Å². The maximum absolute atomic E-state index is 11.6. The molecule has 160 valence electrons. The molecule has 0 aliphatic rings. The molecule has 2 N–H and O–H groups in total. The fourth-order valence-corrected chi connectivity index (χ4v) is 2.47. The molecule has 0 heterocycles. The molecule has 8 heteroatoms. The summed E-state index contributed by atoms with van der Waals surface area (Å²) >= 11 is 0. The van der Waals surface area contributed by atoms with Gasteiger partial charge in [0.25, 0.3) is 0 Å². The SMILES string of the molecule is CCNC(=NCCCc1ccc(OC)c(OCC)c1)NCCC(=O)N(C)C.I. The van der Waals surface area contributed by atoms with E-state index in [0.717, 1.165) is 36.8 Å². The molecule has 0 aliphatic heterocycles. The molecular weight excluding hydrogens is 471 g/mol. The van der Waals surface area contributed by atoms with Gasteiger partial charge in [0.05, 0.1) is 13.7 Å². The van der Waals surface area contributed by atoms with Crippen LogP contribution in [0.5, 0.6) is 11.5 Å². The monoisotopic (exact) mass is 506 g/mol. The molecule has 0 spiro atoms. The maximum Gasteiger partial charge on any atom is 0.223 e. The van der Waals surface area contributed by atoms with E-state index in [-0.39, 0.29) is 29.9 Å². The van der Waals surface area contributed by atoms with Gasteiger partial charge in [0.15, 0.2) is 17.5 Å². The minimum Gasteiger partial charge on any atom is -0.493 e. The molecule has 1 aromatic carbocycles. The summed E-state index contributed by atoms with van der Waals surface area (Å²) in [5.41, 5.74) is 1.20. The van der Waals surface area contributed by atoms with Crippen molar-refractivity contribution in [3.63, 3.8) is 0 Å². The molecular formula is C20H35IN4O3. The first-order valence-corrected chi connectivity index (χ1v) is 9.53. The zero-order valence-electron chi connectivity index (χ0n) is 17.7. The average Bonchev–Trinajstić information content (AvgIpc) is 2.65. The summed E-state index contributed by atoms with van der Waals surface area (Å²) in [6, 6.07) is 6.03. The number of rotatable bonds is 11. The number of guanidine groups is 1. The van der Waals surface area contributed by atoms with Crippen molar-refractivity contribution in [1.29, 1.82) is 0 Å². The first-order valence-electron chi connectivity index (χ1n) is 9.53. The maximum atomic E-state index is 11.6. The summed E-state index contributed by atoms with van der Waals surface area (Å²) in [6.07, 6.45) is 2.28. The van der Waals surface area contributed by atoms with Crippen molar-refractivity contribution in [2.24, 2.45) is 4.99 Å². The average molecular weight is 506 g/mol. The van der Waals surface area contributed by atoms with E-state index in [0.29, 0.717) is 26.1 Å². The van der Waals surface area contributed by atoms with Crippen molar-refractivity contribution in [3.05, 3.63) is 23.8 Å². The third kappa shape index (κ3) is 10.0. The van der Waals surface area contributed by atoms with Crippen LogP contribution in [-0.4, -0.2) is 64.2 Å². The van der Waals surface area contributed by atoms with E-state index in [1.807, 2.05) is 26.0 Å². The highest BCUT2D eigenvalue weighted by Gasteiger charge is 2.06. The molecule has 0 saturated carbocycles. The minimum atomic E-state index is 0. The summed E-state index contributed by atoms with van der Waals surface area (Å²) in [5, 5.41) is 6.40. The van der Waals surface area contributed by atoms with Crippen LogP contribution >= 0.6 is 24.0 Å². The van der Waals surface area contributed by atoms with Gasteiger partial charge in [0.2, 0.25) is 5.91 Å². The van der Waals surface area contributed by atoms with Gasteiger partial charge in [-0.2, -0.15) is 0 Å². The fourth-order valence-electron chi connectivity index (χ4n) is 2.47. The molecule has 0 bridgehead atoms. The van der Waals surface area contributed by atoms with Crippen LogP contribution in [0.2, 0.25) is 0 Å². The number of ether oxygens (including phenoxy) is 2. The fraction of sp³-hybridized carbons (Fsp3) is 0.600. The molecule has 7 nitrogen and oxygen atoms in total. The summed E-state index contributed by atoms with van der Waals surface area (Å²) in [5.74, 6) is 2.38. The van der Waals surface area contributed by atoms with Gasteiger partial charge in [-0.05, 0) is 44.4 Å². The van der Waals surface area contributed by atoms with Gasteiger partial charge in [-0.1, -0.05) is 6.07 Å². The number of halogens is 1. The van der Waals surface area contributed by atoms with Crippen molar-refractivity contribution in [2.45, 2.75) is 33.1 Å². The van der Waals surface area contributed by atoms with Crippen LogP contribution in [0.15, 0.2) is 23.2 Å². The van der Waals surface area contributed by atoms with Crippen molar-refractivity contribution in [3.8, 4) is 11.5 Å².